The molecule has 1 aliphatic rings. The second-order valence-electron chi connectivity index (χ2n) is 6.72. The summed E-state index contributed by atoms with van der Waals surface area (Å²) in [6, 6.07) is 14.1. The summed E-state index contributed by atoms with van der Waals surface area (Å²) < 4.78 is 18.4. The third-order valence-electron chi connectivity index (χ3n) is 4.50. The van der Waals surface area contributed by atoms with E-state index in [1.54, 1.807) is 11.8 Å². The number of ether oxygens (including phenoxy) is 2. The lowest BCUT2D eigenvalue weighted by Crippen LogP contribution is -2.02. The number of aromatic nitrogens is 4. The SMILES string of the molecule is CC(C)n1c(SCc2nc(-c3ccc4c(c3)OCO4)no2)nc2ccccc21. The lowest BCUT2D eigenvalue weighted by atomic mass is 10.2. The fourth-order valence-corrected chi connectivity index (χ4v) is 4.20. The maximum atomic E-state index is 5.44. The van der Waals surface area contributed by atoms with Crippen LogP contribution in [0.15, 0.2) is 52.1 Å². The highest BCUT2D eigenvalue weighted by Crippen LogP contribution is 2.35. The molecule has 0 radical (unpaired) electrons. The van der Waals surface area contributed by atoms with Crippen LogP contribution in [-0.4, -0.2) is 26.5 Å². The van der Waals surface area contributed by atoms with Gasteiger partial charge in [-0.05, 0) is 44.2 Å². The van der Waals surface area contributed by atoms with Crippen molar-refractivity contribution in [3.63, 3.8) is 0 Å². The van der Waals surface area contributed by atoms with Crippen LogP contribution in [0.5, 0.6) is 11.5 Å². The van der Waals surface area contributed by atoms with Crippen LogP contribution in [0.1, 0.15) is 25.8 Å². The van der Waals surface area contributed by atoms with Crippen molar-refractivity contribution in [2.75, 3.05) is 6.79 Å². The highest BCUT2D eigenvalue weighted by Gasteiger charge is 2.18. The lowest BCUT2D eigenvalue weighted by Gasteiger charge is -2.11. The van der Waals surface area contributed by atoms with Gasteiger partial charge in [-0.1, -0.05) is 29.1 Å². The van der Waals surface area contributed by atoms with Crippen LogP contribution in [0.25, 0.3) is 22.4 Å². The second kappa shape index (κ2) is 6.87. The molecule has 4 aromatic rings. The van der Waals surface area contributed by atoms with Crippen molar-refractivity contribution in [3.8, 4) is 22.9 Å². The van der Waals surface area contributed by atoms with E-state index in [0.29, 0.717) is 29.3 Å². The maximum absolute atomic E-state index is 5.44. The van der Waals surface area contributed by atoms with Gasteiger partial charge in [0.05, 0.1) is 16.8 Å². The Kier molecular flexibility index (Phi) is 4.20. The van der Waals surface area contributed by atoms with E-state index in [0.717, 1.165) is 27.5 Å². The predicted molar refractivity (Wildman–Crippen MR) is 106 cm³/mol. The van der Waals surface area contributed by atoms with Crippen molar-refractivity contribution < 1.29 is 14.0 Å². The first-order chi connectivity index (χ1) is 13.7. The molecule has 0 aliphatic carbocycles. The summed E-state index contributed by atoms with van der Waals surface area (Å²) in [6.45, 7) is 4.55. The van der Waals surface area contributed by atoms with E-state index < -0.39 is 0 Å². The van der Waals surface area contributed by atoms with Gasteiger partial charge in [0.25, 0.3) is 0 Å². The number of rotatable bonds is 5. The Balaban J connectivity index is 1.37. The second-order valence-corrected chi connectivity index (χ2v) is 7.66. The predicted octanol–water partition coefficient (Wildman–Crippen LogP) is 4.69. The van der Waals surface area contributed by atoms with Gasteiger partial charge >= 0.3 is 0 Å². The molecular weight excluding hydrogens is 376 g/mol. The molecule has 2 aromatic heterocycles. The Hall–Kier alpha value is -3.00. The summed E-state index contributed by atoms with van der Waals surface area (Å²) in [5, 5.41) is 5.05. The highest BCUT2D eigenvalue weighted by molar-refractivity contribution is 7.98. The van der Waals surface area contributed by atoms with Crippen molar-refractivity contribution >= 4 is 22.8 Å². The number of hydrogen-bond acceptors (Lipinski definition) is 7. The Morgan fingerprint density at radius 2 is 1.93 bits per heavy atom. The molecule has 0 atom stereocenters. The molecule has 7 nitrogen and oxygen atoms in total. The highest BCUT2D eigenvalue weighted by atomic mass is 32.2. The summed E-state index contributed by atoms with van der Waals surface area (Å²) in [6.07, 6.45) is 0. The number of fused-ring (bicyclic) bond motifs is 2. The zero-order valence-electron chi connectivity index (χ0n) is 15.5. The van der Waals surface area contributed by atoms with Crippen LogP contribution < -0.4 is 9.47 Å². The number of nitrogens with zero attached hydrogens (tertiary/aromatic N) is 4. The van der Waals surface area contributed by atoms with Crippen molar-refractivity contribution in [3.05, 3.63) is 48.4 Å². The fraction of sp³-hybridized carbons (Fsp3) is 0.250. The quantitative estimate of drug-likeness (QED) is 0.455. The fourth-order valence-electron chi connectivity index (χ4n) is 3.22. The van der Waals surface area contributed by atoms with E-state index >= 15 is 0 Å². The average Bonchev–Trinajstić information content (AvgIpc) is 3.42. The molecule has 5 rings (SSSR count). The first-order valence-corrected chi connectivity index (χ1v) is 10.00. The number of hydrogen-bond donors (Lipinski definition) is 0. The minimum Gasteiger partial charge on any atom is -0.454 e. The monoisotopic (exact) mass is 394 g/mol. The van der Waals surface area contributed by atoms with Gasteiger partial charge in [-0.25, -0.2) is 4.98 Å². The first kappa shape index (κ1) is 17.1. The molecule has 3 heterocycles. The van der Waals surface area contributed by atoms with Crippen molar-refractivity contribution in [1.29, 1.82) is 0 Å². The number of benzene rings is 2. The Morgan fingerprint density at radius 1 is 1.07 bits per heavy atom. The van der Waals surface area contributed by atoms with Gasteiger partial charge in [0.1, 0.15) is 0 Å². The summed E-state index contributed by atoms with van der Waals surface area (Å²) in [5.74, 6) is 3.07. The van der Waals surface area contributed by atoms with E-state index in [1.165, 1.54) is 0 Å². The van der Waals surface area contributed by atoms with Gasteiger partial charge in [-0.3, -0.25) is 0 Å². The normalized spacial score (nSPS) is 13.0. The van der Waals surface area contributed by atoms with E-state index in [1.807, 2.05) is 36.4 Å². The molecule has 0 amide bonds. The average molecular weight is 394 g/mol. The smallest absolute Gasteiger partial charge is 0.237 e. The Bertz CT molecular complexity index is 1150. The maximum Gasteiger partial charge on any atom is 0.237 e. The van der Waals surface area contributed by atoms with E-state index in [9.17, 15) is 0 Å². The molecule has 0 N–H and O–H groups in total. The molecule has 0 bridgehead atoms. The van der Waals surface area contributed by atoms with Crippen LogP contribution >= 0.6 is 11.8 Å². The van der Waals surface area contributed by atoms with Gasteiger partial charge in [-0.2, -0.15) is 4.98 Å². The third-order valence-corrected chi connectivity index (χ3v) is 5.44. The summed E-state index contributed by atoms with van der Waals surface area (Å²) in [7, 11) is 0. The van der Waals surface area contributed by atoms with Crippen LogP contribution in [0.2, 0.25) is 0 Å². The zero-order chi connectivity index (χ0) is 19.1. The van der Waals surface area contributed by atoms with Crippen molar-refractivity contribution in [2.24, 2.45) is 0 Å². The molecule has 2 aromatic carbocycles. The Labute approximate surface area is 165 Å². The van der Waals surface area contributed by atoms with Gasteiger partial charge in [-0.15, -0.1) is 0 Å². The zero-order valence-corrected chi connectivity index (χ0v) is 16.3. The largest absolute Gasteiger partial charge is 0.454 e. The molecule has 142 valence electrons. The first-order valence-electron chi connectivity index (χ1n) is 9.01. The molecule has 0 saturated heterocycles. The third kappa shape index (κ3) is 2.99. The van der Waals surface area contributed by atoms with E-state index in [4.69, 9.17) is 19.0 Å². The minimum atomic E-state index is 0.240. The lowest BCUT2D eigenvalue weighted by molar-refractivity contribution is 0.174. The van der Waals surface area contributed by atoms with Crippen molar-refractivity contribution in [2.45, 2.75) is 30.8 Å². The molecule has 28 heavy (non-hydrogen) atoms. The summed E-state index contributed by atoms with van der Waals surface area (Å²) in [5.41, 5.74) is 2.95. The van der Waals surface area contributed by atoms with Gasteiger partial charge in [0.2, 0.25) is 18.5 Å². The van der Waals surface area contributed by atoms with Crippen molar-refractivity contribution in [1.82, 2.24) is 19.7 Å². The molecule has 0 spiro atoms. The van der Waals surface area contributed by atoms with Crippen LogP contribution in [-0.2, 0) is 5.75 Å². The topological polar surface area (TPSA) is 75.2 Å². The number of thioether (sulfide) groups is 1. The van der Waals surface area contributed by atoms with Gasteiger partial charge in [0.15, 0.2) is 16.7 Å². The molecule has 0 unspecified atom stereocenters. The molecular formula is C20H18N4O3S. The molecule has 0 fully saturated rings. The number of para-hydroxylation sites is 2. The van der Waals surface area contributed by atoms with Crippen LogP contribution in [0, 0.1) is 0 Å². The van der Waals surface area contributed by atoms with Gasteiger partial charge < -0.3 is 18.6 Å². The minimum absolute atomic E-state index is 0.240. The molecule has 1 aliphatic heterocycles. The standard InChI is InChI=1S/C20H18N4O3S/c1-12(2)24-15-6-4-3-5-14(15)21-20(24)28-10-18-22-19(23-27-18)13-7-8-16-17(9-13)26-11-25-16/h3-9,12H,10-11H2,1-2H3. The Morgan fingerprint density at radius 3 is 2.82 bits per heavy atom. The molecule has 8 heteroatoms. The van der Waals surface area contributed by atoms with E-state index in [2.05, 4.69) is 34.6 Å². The number of imidazole rings is 1. The summed E-state index contributed by atoms with van der Waals surface area (Å²) in [4.78, 5) is 9.28. The van der Waals surface area contributed by atoms with Crippen LogP contribution in [0.4, 0.5) is 0 Å². The van der Waals surface area contributed by atoms with Crippen LogP contribution in [0.3, 0.4) is 0 Å². The summed E-state index contributed by atoms with van der Waals surface area (Å²) >= 11 is 1.59. The van der Waals surface area contributed by atoms with E-state index in [-0.39, 0.29) is 6.79 Å². The van der Waals surface area contributed by atoms with Gasteiger partial charge in [0, 0.05) is 11.6 Å². The molecule has 0 saturated carbocycles.